The number of carbonyl (C=O) groups excluding carboxylic acids is 1. The van der Waals surface area contributed by atoms with Gasteiger partial charge in [-0.05, 0) is 60.2 Å². The van der Waals surface area contributed by atoms with E-state index in [9.17, 15) is 9.00 Å². The first-order valence-corrected chi connectivity index (χ1v) is 14.4. The number of amides is 1. The van der Waals surface area contributed by atoms with E-state index in [0.717, 1.165) is 40.1 Å². The van der Waals surface area contributed by atoms with E-state index in [1.165, 1.54) is 12.3 Å². The van der Waals surface area contributed by atoms with Crippen molar-refractivity contribution < 1.29 is 13.4 Å². The molecular weight excluding hydrogens is 497 g/mol. The van der Waals surface area contributed by atoms with Crippen LogP contribution in [0.4, 0.5) is 4.39 Å². The summed E-state index contributed by atoms with van der Waals surface area (Å²) in [7, 11) is 0.515. The summed E-state index contributed by atoms with van der Waals surface area (Å²) in [4.78, 5) is 20.0. The van der Waals surface area contributed by atoms with Crippen molar-refractivity contribution in [1.29, 1.82) is 0 Å². The molecule has 1 unspecified atom stereocenters. The molecule has 0 bridgehead atoms. The Kier molecular flexibility index (Phi) is 8.57. The quantitative estimate of drug-likeness (QED) is 0.246. The van der Waals surface area contributed by atoms with Gasteiger partial charge in [0.2, 0.25) is 0 Å². The minimum Gasteiger partial charge on any atom is -0.334 e. The molecule has 5 nitrogen and oxygen atoms in total. The predicted molar refractivity (Wildman–Crippen MR) is 152 cm³/mol. The number of nitrogens with zero attached hydrogens (tertiary/aromatic N) is 3. The maximum Gasteiger partial charge on any atom is 0.254 e. The molecule has 0 aliphatic heterocycles. The molecule has 198 valence electrons. The van der Waals surface area contributed by atoms with Gasteiger partial charge in [0.25, 0.3) is 5.91 Å². The summed E-state index contributed by atoms with van der Waals surface area (Å²) in [6.07, 6.45) is 6.29. The Morgan fingerprint density at radius 3 is 2.32 bits per heavy atom. The van der Waals surface area contributed by atoms with Gasteiger partial charge in [-0.1, -0.05) is 50.2 Å². The fourth-order valence-electron chi connectivity index (χ4n) is 4.74. The molecule has 4 rings (SSSR count). The van der Waals surface area contributed by atoms with E-state index in [1.807, 2.05) is 38.6 Å². The number of rotatable bonds is 9. The van der Waals surface area contributed by atoms with E-state index in [0.29, 0.717) is 30.6 Å². The molecule has 0 aliphatic carbocycles. The zero-order valence-electron chi connectivity index (χ0n) is 22.6. The van der Waals surface area contributed by atoms with Gasteiger partial charge in [0.15, 0.2) is 0 Å². The van der Waals surface area contributed by atoms with Gasteiger partial charge in [0, 0.05) is 55.5 Å². The lowest BCUT2D eigenvalue weighted by Crippen LogP contribution is -2.32. The van der Waals surface area contributed by atoms with Crippen LogP contribution in [0.5, 0.6) is 0 Å². The van der Waals surface area contributed by atoms with Gasteiger partial charge < -0.3 is 9.47 Å². The van der Waals surface area contributed by atoms with Crippen LogP contribution >= 0.6 is 0 Å². The lowest BCUT2D eigenvalue weighted by atomic mass is 9.98. The Balaban J connectivity index is 1.63. The second-order valence-electron chi connectivity index (χ2n) is 9.52. The topological polar surface area (TPSA) is 55.2 Å². The number of carbonyl (C=O) groups is 1. The minimum atomic E-state index is -1.46. The summed E-state index contributed by atoms with van der Waals surface area (Å²) < 4.78 is 29.0. The zero-order chi connectivity index (χ0) is 27.4. The van der Waals surface area contributed by atoms with E-state index in [2.05, 4.69) is 47.4 Å². The standard InChI is InChI=1S/C31H34FN3O2S/c1-6-17-35(31(36)27-14-15-28(38(5)37)29(32)26(27)7-2)20-25-19-24(9-8-21(25)3)22-10-12-23(13-11-22)30-33-16-18-34(30)4/h8-16,18-19H,6-7,17,20H2,1-5H3. The first-order valence-electron chi connectivity index (χ1n) is 12.9. The molecule has 0 radical (unpaired) electrons. The smallest absolute Gasteiger partial charge is 0.254 e. The summed E-state index contributed by atoms with van der Waals surface area (Å²) in [5, 5.41) is 0. The van der Waals surface area contributed by atoms with Gasteiger partial charge in [0.1, 0.15) is 11.6 Å². The summed E-state index contributed by atoms with van der Waals surface area (Å²) >= 11 is 0. The van der Waals surface area contributed by atoms with Gasteiger partial charge in [0.05, 0.1) is 15.7 Å². The third kappa shape index (κ3) is 5.63. The van der Waals surface area contributed by atoms with Gasteiger partial charge in [-0.25, -0.2) is 9.37 Å². The molecule has 0 N–H and O–H groups in total. The molecule has 0 spiro atoms. The molecule has 1 amide bonds. The van der Waals surface area contributed by atoms with Gasteiger partial charge in [-0.3, -0.25) is 9.00 Å². The number of hydrogen-bond donors (Lipinski definition) is 0. The van der Waals surface area contributed by atoms with Crippen LogP contribution in [-0.4, -0.2) is 37.4 Å². The molecule has 1 atom stereocenters. The number of aromatic nitrogens is 2. The van der Waals surface area contributed by atoms with Crippen LogP contribution in [0.1, 0.15) is 47.3 Å². The van der Waals surface area contributed by atoms with Crippen molar-refractivity contribution in [2.75, 3.05) is 12.8 Å². The van der Waals surface area contributed by atoms with Gasteiger partial charge >= 0.3 is 0 Å². The van der Waals surface area contributed by atoms with Crippen LogP contribution < -0.4 is 0 Å². The van der Waals surface area contributed by atoms with Crippen LogP contribution in [0.15, 0.2) is 71.9 Å². The summed E-state index contributed by atoms with van der Waals surface area (Å²) in [5.41, 5.74) is 5.99. The Labute approximate surface area is 226 Å². The highest BCUT2D eigenvalue weighted by molar-refractivity contribution is 7.84. The highest BCUT2D eigenvalue weighted by atomic mass is 32.2. The van der Waals surface area contributed by atoms with E-state index in [4.69, 9.17) is 0 Å². The molecule has 1 aromatic heterocycles. The van der Waals surface area contributed by atoms with Crippen molar-refractivity contribution in [2.24, 2.45) is 7.05 Å². The second kappa shape index (κ2) is 11.9. The SMILES string of the molecule is CCCN(Cc1cc(-c2ccc(-c3nccn3C)cc2)ccc1C)C(=O)c1ccc(S(C)=O)c(F)c1CC. The van der Waals surface area contributed by atoms with Crippen LogP contribution in [0.3, 0.4) is 0 Å². The average molecular weight is 532 g/mol. The molecule has 7 heteroatoms. The van der Waals surface area contributed by atoms with Gasteiger partial charge in [-0.2, -0.15) is 0 Å². The Bertz CT molecular complexity index is 1480. The van der Waals surface area contributed by atoms with E-state index in [1.54, 1.807) is 17.2 Å². The molecule has 0 fully saturated rings. The Hall–Kier alpha value is -3.58. The fourth-order valence-corrected chi connectivity index (χ4v) is 5.38. The zero-order valence-corrected chi connectivity index (χ0v) is 23.4. The van der Waals surface area contributed by atoms with E-state index in [-0.39, 0.29) is 10.8 Å². The fraction of sp³-hybridized carbons (Fsp3) is 0.290. The molecule has 0 saturated carbocycles. The highest BCUT2D eigenvalue weighted by Gasteiger charge is 2.23. The van der Waals surface area contributed by atoms with Crippen LogP contribution in [0.25, 0.3) is 22.5 Å². The number of benzene rings is 3. The van der Waals surface area contributed by atoms with Crippen LogP contribution in [0, 0.1) is 12.7 Å². The Morgan fingerprint density at radius 1 is 1.03 bits per heavy atom. The molecule has 0 saturated heterocycles. The lowest BCUT2D eigenvalue weighted by molar-refractivity contribution is 0.0741. The minimum absolute atomic E-state index is 0.137. The Morgan fingerprint density at radius 2 is 1.71 bits per heavy atom. The molecule has 3 aromatic carbocycles. The normalized spacial score (nSPS) is 11.9. The number of imidazole rings is 1. The van der Waals surface area contributed by atoms with Gasteiger partial charge in [-0.15, -0.1) is 0 Å². The number of hydrogen-bond acceptors (Lipinski definition) is 3. The molecule has 0 aliphatic rings. The predicted octanol–water partition coefficient (Wildman–Crippen LogP) is 6.55. The van der Waals surface area contributed by atoms with Crippen molar-refractivity contribution in [2.45, 2.75) is 45.1 Å². The van der Waals surface area contributed by atoms with Crippen molar-refractivity contribution >= 4 is 16.7 Å². The molecule has 1 heterocycles. The maximum atomic E-state index is 15.1. The number of halogens is 1. The summed E-state index contributed by atoms with van der Waals surface area (Å²) in [6.45, 7) is 6.85. The summed E-state index contributed by atoms with van der Waals surface area (Å²) in [6, 6.07) is 17.7. The third-order valence-corrected chi connectivity index (χ3v) is 7.82. The largest absolute Gasteiger partial charge is 0.334 e. The van der Waals surface area contributed by atoms with Crippen molar-refractivity contribution in [1.82, 2.24) is 14.5 Å². The number of aryl methyl sites for hydroxylation is 2. The van der Waals surface area contributed by atoms with E-state index < -0.39 is 16.6 Å². The molecular formula is C31H34FN3O2S. The first-order chi connectivity index (χ1) is 18.2. The second-order valence-corrected chi connectivity index (χ2v) is 10.9. The van der Waals surface area contributed by atoms with Crippen LogP contribution in [-0.2, 0) is 30.8 Å². The maximum absolute atomic E-state index is 15.1. The molecule has 4 aromatic rings. The van der Waals surface area contributed by atoms with Crippen molar-refractivity contribution in [3.63, 3.8) is 0 Å². The highest BCUT2D eigenvalue weighted by Crippen LogP contribution is 2.28. The third-order valence-electron chi connectivity index (χ3n) is 6.89. The van der Waals surface area contributed by atoms with Crippen molar-refractivity contribution in [3.8, 4) is 22.5 Å². The average Bonchev–Trinajstić information content (AvgIpc) is 3.34. The first kappa shape index (κ1) is 27.5. The summed E-state index contributed by atoms with van der Waals surface area (Å²) in [5.74, 6) is 0.166. The van der Waals surface area contributed by atoms with E-state index >= 15 is 4.39 Å². The molecule has 38 heavy (non-hydrogen) atoms. The van der Waals surface area contributed by atoms with Crippen LogP contribution in [0.2, 0.25) is 0 Å². The van der Waals surface area contributed by atoms with Crippen molar-refractivity contribution in [3.05, 3.63) is 95.1 Å². The monoisotopic (exact) mass is 531 g/mol. The lowest BCUT2D eigenvalue weighted by Gasteiger charge is -2.25.